The lowest BCUT2D eigenvalue weighted by molar-refractivity contribution is 0.102. The molecule has 0 saturated carbocycles. The van der Waals surface area contributed by atoms with Gasteiger partial charge in [0.25, 0.3) is 5.91 Å². The van der Waals surface area contributed by atoms with E-state index in [0.29, 0.717) is 6.61 Å². The minimum atomic E-state index is -4.00. The van der Waals surface area contributed by atoms with E-state index in [1.807, 2.05) is 0 Å². The topological polar surface area (TPSA) is 113 Å². The second-order valence-corrected chi connectivity index (χ2v) is 9.49. The van der Waals surface area contributed by atoms with Crippen LogP contribution in [0.15, 0.2) is 47.4 Å². The van der Waals surface area contributed by atoms with Crippen molar-refractivity contribution in [2.24, 2.45) is 0 Å². The maximum absolute atomic E-state index is 14.0. The van der Waals surface area contributed by atoms with Crippen LogP contribution in [0.2, 0.25) is 5.02 Å². The standard InChI is InChI=1S/C21H19ClF2N4O4S/c22-14-7-6-12(9-18(14)33(30,31)25-11-13-3-2-8-32-13)21(29)26-19-10-17(27-28-19)20-15(23)4-1-5-16(20)24/h1,4-7,9-10,13,25H,2-3,8,11H2,(H2,26,27,28,29). The summed E-state index contributed by atoms with van der Waals surface area (Å²) in [7, 11) is -4.00. The van der Waals surface area contributed by atoms with Crippen LogP contribution in [-0.4, -0.2) is 43.8 Å². The first-order chi connectivity index (χ1) is 15.7. The molecule has 1 aromatic heterocycles. The zero-order chi connectivity index (χ0) is 23.6. The van der Waals surface area contributed by atoms with Gasteiger partial charge in [0.05, 0.1) is 22.4 Å². The molecule has 1 amide bonds. The van der Waals surface area contributed by atoms with Crippen LogP contribution in [0.3, 0.4) is 0 Å². The number of aromatic amines is 1. The second kappa shape index (κ2) is 9.56. The first-order valence-electron chi connectivity index (χ1n) is 9.96. The maximum Gasteiger partial charge on any atom is 0.256 e. The van der Waals surface area contributed by atoms with Crippen molar-refractivity contribution >= 4 is 33.3 Å². The molecule has 3 aromatic rings. The quantitative estimate of drug-likeness (QED) is 0.461. The Morgan fingerprint density at radius 1 is 1.21 bits per heavy atom. The number of sulfonamides is 1. The number of carbonyl (C=O) groups excluding carboxylic acids is 1. The predicted octanol–water partition coefficient (Wildman–Crippen LogP) is 3.72. The Morgan fingerprint density at radius 3 is 2.67 bits per heavy atom. The van der Waals surface area contributed by atoms with Gasteiger partial charge in [-0.05, 0) is 43.2 Å². The molecule has 1 unspecified atom stereocenters. The molecular weight excluding hydrogens is 478 g/mol. The number of carbonyl (C=O) groups is 1. The van der Waals surface area contributed by atoms with E-state index >= 15 is 0 Å². The Labute approximate surface area is 193 Å². The third kappa shape index (κ3) is 5.22. The first-order valence-corrected chi connectivity index (χ1v) is 11.8. The third-order valence-corrected chi connectivity index (χ3v) is 6.96. The van der Waals surface area contributed by atoms with Gasteiger partial charge in [-0.1, -0.05) is 17.7 Å². The maximum atomic E-state index is 14.0. The van der Waals surface area contributed by atoms with Gasteiger partial charge in [0.2, 0.25) is 10.0 Å². The average Bonchev–Trinajstić information content (AvgIpc) is 3.45. The number of hydrogen-bond acceptors (Lipinski definition) is 5. The average molecular weight is 497 g/mol. The summed E-state index contributed by atoms with van der Waals surface area (Å²) in [6.07, 6.45) is 1.40. The Morgan fingerprint density at radius 2 is 1.97 bits per heavy atom. The van der Waals surface area contributed by atoms with Gasteiger partial charge in [-0.3, -0.25) is 9.89 Å². The third-order valence-electron chi connectivity index (χ3n) is 5.06. The van der Waals surface area contributed by atoms with Gasteiger partial charge >= 0.3 is 0 Å². The number of rotatable bonds is 7. The summed E-state index contributed by atoms with van der Waals surface area (Å²) < 4.78 is 61.2. The van der Waals surface area contributed by atoms with Crippen LogP contribution in [0.5, 0.6) is 0 Å². The molecule has 1 saturated heterocycles. The summed E-state index contributed by atoms with van der Waals surface area (Å²) >= 11 is 6.07. The number of H-pyrrole nitrogens is 1. The molecule has 4 rings (SSSR count). The molecule has 3 N–H and O–H groups in total. The number of nitrogens with one attached hydrogen (secondary N) is 3. The van der Waals surface area contributed by atoms with Gasteiger partial charge < -0.3 is 10.1 Å². The van der Waals surface area contributed by atoms with E-state index in [4.69, 9.17) is 16.3 Å². The van der Waals surface area contributed by atoms with E-state index in [1.54, 1.807) is 0 Å². The molecule has 0 aliphatic carbocycles. The predicted molar refractivity (Wildman–Crippen MR) is 118 cm³/mol. The molecule has 33 heavy (non-hydrogen) atoms. The largest absolute Gasteiger partial charge is 0.377 e. The van der Waals surface area contributed by atoms with Gasteiger partial charge in [-0.15, -0.1) is 0 Å². The molecular formula is C21H19ClF2N4O4S. The van der Waals surface area contributed by atoms with E-state index in [9.17, 15) is 22.0 Å². The van der Waals surface area contributed by atoms with Crippen LogP contribution in [0.25, 0.3) is 11.3 Å². The summed E-state index contributed by atoms with van der Waals surface area (Å²) in [6.45, 7) is 0.680. The number of ether oxygens (including phenoxy) is 1. The molecule has 1 aliphatic heterocycles. The fraction of sp³-hybridized carbons (Fsp3) is 0.238. The molecule has 0 bridgehead atoms. The van der Waals surface area contributed by atoms with Crippen LogP contribution in [-0.2, 0) is 14.8 Å². The van der Waals surface area contributed by atoms with Crippen molar-refractivity contribution in [1.29, 1.82) is 0 Å². The molecule has 1 atom stereocenters. The zero-order valence-corrected chi connectivity index (χ0v) is 18.6. The fourth-order valence-corrected chi connectivity index (χ4v) is 4.98. The van der Waals surface area contributed by atoms with E-state index in [2.05, 4.69) is 20.2 Å². The molecule has 2 aromatic carbocycles. The number of amides is 1. The number of anilines is 1. The lowest BCUT2D eigenvalue weighted by Crippen LogP contribution is -2.32. The number of nitrogens with zero attached hydrogens (tertiary/aromatic N) is 1. The van der Waals surface area contributed by atoms with Crippen LogP contribution < -0.4 is 10.0 Å². The van der Waals surface area contributed by atoms with Crippen molar-refractivity contribution in [3.8, 4) is 11.3 Å². The second-order valence-electron chi connectivity index (χ2n) is 7.35. The van der Waals surface area contributed by atoms with Crippen molar-refractivity contribution in [2.75, 3.05) is 18.5 Å². The first kappa shape index (κ1) is 23.3. The Hall–Kier alpha value is -2.86. The Balaban J connectivity index is 1.51. The van der Waals surface area contributed by atoms with Gasteiger partial charge in [0.15, 0.2) is 5.82 Å². The van der Waals surface area contributed by atoms with Crippen LogP contribution in [0, 0.1) is 11.6 Å². The number of benzene rings is 2. The monoisotopic (exact) mass is 496 g/mol. The van der Waals surface area contributed by atoms with E-state index in [1.165, 1.54) is 24.3 Å². The minimum Gasteiger partial charge on any atom is -0.377 e. The van der Waals surface area contributed by atoms with Crippen LogP contribution in [0.4, 0.5) is 14.6 Å². The smallest absolute Gasteiger partial charge is 0.256 e. The molecule has 0 radical (unpaired) electrons. The molecule has 0 spiro atoms. The van der Waals surface area contributed by atoms with Gasteiger partial charge in [0, 0.05) is 24.8 Å². The lowest BCUT2D eigenvalue weighted by Gasteiger charge is -2.13. The van der Waals surface area contributed by atoms with Crippen molar-refractivity contribution < 1.29 is 26.7 Å². The number of hydrogen-bond donors (Lipinski definition) is 3. The number of aromatic nitrogens is 2. The van der Waals surface area contributed by atoms with Crippen molar-refractivity contribution in [2.45, 2.75) is 23.8 Å². The van der Waals surface area contributed by atoms with Crippen molar-refractivity contribution in [3.63, 3.8) is 0 Å². The SMILES string of the molecule is O=C(Nc1cc(-c2c(F)cccc2F)[nH]n1)c1ccc(Cl)c(S(=O)(=O)NCC2CCCO2)c1. The summed E-state index contributed by atoms with van der Waals surface area (Å²) in [5.74, 6) is -2.28. The van der Waals surface area contributed by atoms with Gasteiger partial charge in [-0.2, -0.15) is 5.10 Å². The minimum absolute atomic E-state index is 0.00138. The molecule has 8 nitrogen and oxygen atoms in total. The molecule has 1 fully saturated rings. The molecule has 174 valence electrons. The summed E-state index contributed by atoms with van der Waals surface area (Å²) in [5.41, 5.74) is -0.292. The highest BCUT2D eigenvalue weighted by Gasteiger charge is 2.24. The molecule has 12 heteroatoms. The summed E-state index contributed by atoms with van der Waals surface area (Å²) in [5, 5.41) is 8.71. The normalized spacial score (nSPS) is 16.2. The summed E-state index contributed by atoms with van der Waals surface area (Å²) in [4.78, 5) is 12.4. The molecule has 1 aliphatic rings. The zero-order valence-electron chi connectivity index (χ0n) is 17.1. The molecule has 2 heterocycles. The van der Waals surface area contributed by atoms with E-state index in [-0.39, 0.29) is 45.2 Å². The van der Waals surface area contributed by atoms with Crippen molar-refractivity contribution in [3.05, 3.63) is 64.7 Å². The van der Waals surface area contributed by atoms with Crippen LogP contribution >= 0.6 is 11.6 Å². The van der Waals surface area contributed by atoms with Crippen molar-refractivity contribution in [1.82, 2.24) is 14.9 Å². The van der Waals surface area contributed by atoms with Gasteiger partial charge in [0.1, 0.15) is 16.5 Å². The van der Waals surface area contributed by atoms with Crippen LogP contribution in [0.1, 0.15) is 23.2 Å². The summed E-state index contributed by atoms with van der Waals surface area (Å²) in [6, 6.07) is 8.47. The van der Waals surface area contributed by atoms with E-state index in [0.717, 1.165) is 31.0 Å². The van der Waals surface area contributed by atoms with E-state index < -0.39 is 27.6 Å². The number of halogens is 3. The Kier molecular flexibility index (Phi) is 6.75. The Bertz CT molecular complexity index is 1270. The fourth-order valence-electron chi connectivity index (χ4n) is 3.39. The lowest BCUT2D eigenvalue weighted by atomic mass is 10.1. The highest BCUT2D eigenvalue weighted by atomic mass is 35.5. The highest BCUT2D eigenvalue weighted by molar-refractivity contribution is 7.89. The highest BCUT2D eigenvalue weighted by Crippen LogP contribution is 2.27. The van der Waals surface area contributed by atoms with Gasteiger partial charge in [-0.25, -0.2) is 21.9 Å².